The lowest BCUT2D eigenvalue weighted by atomic mass is 9.74. The molecule has 0 amide bonds. The van der Waals surface area contributed by atoms with Crippen LogP contribution < -0.4 is 0 Å². The van der Waals surface area contributed by atoms with Crippen LogP contribution in [0.5, 0.6) is 0 Å². The monoisotopic (exact) mass is 377 g/mol. The molecule has 0 saturated heterocycles. The lowest BCUT2D eigenvalue weighted by molar-refractivity contribution is -0.151. The molecule has 0 aromatic carbocycles. The van der Waals surface area contributed by atoms with E-state index < -0.39 is 5.60 Å². The van der Waals surface area contributed by atoms with Gasteiger partial charge in [0.05, 0.1) is 29.1 Å². The highest BCUT2D eigenvalue weighted by Gasteiger charge is 2.43. The molecule has 1 aromatic rings. The number of halogens is 1. The van der Waals surface area contributed by atoms with Crippen LogP contribution in [0.4, 0.5) is 0 Å². The molecule has 5 nitrogen and oxygen atoms in total. The second-order valence-electron chi connectivity index (χ2n) is 5.35. The van der Waals surface area contributed by atoms with Crippen LogP contribution in [0.2, 0.25) is 0 Å². The largest absolute Gasteiger partial charge is 0.466 e. The van der Waals surface area contributed by atoms with Crippen molar-refractivity contribution < 1.29 is 19.7 Å². The van der Waals surface area contributed by atoms with E-state index in [4.69, 9.17) is 4.74 Å². The number of esters is 1. The molecule has 1 aliphatic carbocycles. The summed E-state index contributed by atoms with van der Waals surface area (Å²) < 4.78 is 5.87. The maximum absolute atomic E-state index is 11.7. The third-order valence-corrected chi connectivity index (χ3v) is 5.75. The Bertz CT molecular complexity index is 487. The van der Waals surface area contributed by atoms with Gasteiger partial charge >= 0.3 is 5.97 Å². The van der Waals surface area contributed by atoms with E-state index in [9.17, 15) is 15.0 Å². The second kappa shape index (κ2) is 7.17. The molecule has 1 saturated carbocycles. The highest BCUT2D eigenvalue weighted by molar-refractivity contribution is 9.11. The van der Waals surface area contributed by atoms with Crippen LogP contribution in [0.15, 0.2) is 9.98 Å². The van der Waals surface area contributed by atoms with Gasteiger partial charge in [0.2, 0.25) is 0 Å². The Morgan fingerprint density at radius 3 is 2.67 bits per heavy atom. The Kier molecular flexibility index (Phi) is 5.76. The van der Waals surface area contributed by atoms with Crippen LogP contribution in [0.1, 0.15) is 37.6 Å². The average Bonchev–Trinajstić information content (AvgIpc) is 2.94. The molecule has 7 heteroatoms. The topological polar surface area (TPSA) is 79.7 Å². The van der Waals surface area contributed by atoms with Crippen molar-refractivity contribution >= 4 is 33.2 Å². The SMILES string of the molecule is CCOC(=O)C1CCC(C(O)(CO)c2ncc(Br)s2)CC1. The van der Waals surface area contributed by atoms with Gasteiger partial charge in [0.25, 0.3) is 0 Å². The summed E-state index contributed by atoms with van der Waals surface area (Å²) in [7, 11) is 0. The summed E-state index contributed by atoms with van der Waals surface area (Å²) in [6.45, 7) is 1.84. The van der Waals surface area contributed by atoms with Crippen molar-refractivity contribution in [1.82, 2.24) is 4.98 Å². The van der Waals surface area contributed by atoms with Crippen LogP contribution in [-0.4, -0.2) is 34.4 Å². The maximum Gasteiger partial charge on any atom is 0.308 e. The van der Waals surface area contributed by atoms with E-state index in [-0.39, 0.29) is 24.4 Å². The Balaban J connectivity index is 2.04. The molecular weight excluding hydrogens is 358 g/mol. The molecule has 1 unspecified atom stereocenters. The summed E-state index contributed by atoms with van der Waals surface area (Å²) in [6.07, 6.45) is 4.34. The van der Waals surface area contributed by atoms with Gasteiger partial charge in [-0.1, -0.05) is 0 Å². The predicted molar refractivity (Wildman–Crippen MR) is 82.9 cm³/mol. The van der Waals surface area contributed by atoms with E-state index in [0.29, 0.717) is 37.3 Å². The number of carbonyl (C=O) groups is 1. The molecule has 2 rings (SSSR count). The average molecular weight is 378 g/mol. The fraction of sp³-hybridized carbons (Fsp3) is 0.714. The van der Waals surface area contributed by atoms with Crippen LogP contribution in [0, 0.1) is 11.8 Å². The summed E-state index contributed by atoms with van der Waals surface area (Å²) in [6, 6.07) is 0. The van der Waals surface area contributed by atoms with Crippen LogP contribution in [-0.2, 0) is 15.1 Å². The zero-order valence-electron chi connectivity index (χ0n) is 11.9. The van der Waals surface area contributed by atoms with Crippen molar-refractivity contribution in [2.45, 2.75) is 38.2 Å². The van der Waals surface area contributed by atoms with Crippen molar-refractivity contribution in [1.29, 1.82) is 0 Å². The first kappa shape index (κ1) is 16.9. The Hall–Kier alpha value is -0.500. The van der Waals surface area contributed by atoms with Gasteiger partial charge in [-0.05, 0) is 54.5 Å². The van der Waals surface area contributed by atoms with Crippen LogP contribution in [0.25, 0.3) is 0 Å². The number of thiazole rings is 1. The number of aliphatic hydroxyl groups excluding tert-OH is 1. The summed E-state index contributed by atoms with van der Waals surface area (Å²) in [4.78, 5) is 15.9. The molecule has 21 heavy (non-hydrogen) atoms. The number of aromatic nitrogens is 1. The van der Waals surface area contributed by atoms with Crippen molar-refractivity contribution in [3.8, 4) is 0 Å². The Labute approximate surface area is 136 Å². The van der Waals surface area contributed by atoms with Gasteiger partial charge in [0.15, 0.2) is 0 Å². The molecule has 0 bridgehead atoms. The van der Waals surface area contributed by atoms with Gasteiger partial charge in [-0.2, -0.15) is 0 Å². The van der Waals surface area contributed by atoms with E-state index in [1.807, 2.05) is 0 Å². The van der Waals surface area contributed by atoms with E-state index in [1.54, 1.807) is 13.1 Å². The molecule has 1 aromatic heterocycles. The third kappa shape index (κ3) is 3.64. The number of carbonyl (C=O) groups excluding carboxylic acids is 1. The molecule has 1 fully saturated rings. The number of ether oxygens (including phenoxy) is 1. The molecule has 2 N–H and O–H groups in total. The molecule has 1 aliphatic rings. The quantitative estimate of drug-likeness (QED) is 0.770. The lowest BCUT2D eigenvalue weighted by Crippen LogP contribution is -2.41. The fourth-order valence-electron chi connectivity index (χ4n) is 2.89. The molecule has 0 spiro atoms. The smallest absolute Gasteiger partial charge is 0.308 e. The van der Waals surface area contributed by atoms with Crippen molar-refractivity contribution in [2.24, 2.45) is 11.8 Å². The van der Waals surface area contributed by atoms with Gasteiger partial charge in [-0.3, -0.25) is 4.79 Å². The summed E-state index contributed by atoms with van der Waals surface area (Å²) in [5.74, 6) is -0.334. The van der Waals surface area contributed by atoms with E-state index in [0.717, 1.165) is 3.79 Å². The van der Waals surface area contributed by atoms with E-state index >= 15 is 0 Å². The normalized spacial score (nSPS) is 25.3. The number of aliphatic hydroxyl groups is 2. The molecule has 0 radical (unpaired) electrons. The highest BCUT2D eigenvalue weighted by Crippen LogP contribution is 2.42. The first-order valence-corrected chi connectivity index (χ1v) is 8.73. The zero-order valence-corrected chi connectivity index (χ0v) is 14.3. The predicted octanol–water partition coefficient (Wildman–Crippen LogP) is 2.46. The summed E-state index contributed by atoms with van der Waals surface area (Å²) in [5.41, 5.74) is -1.32. The van der Waals surface area contributed by atoms with Gasteiger partial charge in [0.1, 0.15) is 10.6 Å². The van der Waals surface area contributed by atoms with Gasteiger partial charge in [0, 0.05) is 0 Å². The molecule has 118 valence electrons. The van der Waals surface area contributed by atoms with Gasteiger partial charge in [-0.15, -0.1) is 11.3 Å². The minimum atomic E-state index is -1.32. The molecule has 1 atom stereocenters. The third-order valence-electron chi connectivity index (χ3n) is 4.11. The standard InChI is InChI=1S/C14H20BrNO4S/c1-2-20-12(18)9-3-5-10(6-4-9)14(19,8-17)13-16-7-11(15)21-13/h7,9-10,17,19H,2-6,8H2,1H3. The second-order valence-corrected chi connectivity index (χ2v) is 7.76. The maximum atomic E-state index is 11.7. The Morgan fingerprint density at radius 1 is 1.52 bits per heavy atom. The first-order chi connectivity index (χ1) is 10.0. The minimum Gasteiger partial charge on any atom is -0.466 e. The highest BCUT2D eigenvalue weighted by atomic mass is 79.9. The van der Waals surface area contributed by atoms with Crippen molar-refractivity contribution in [3.63, 3.8) is 0 Å². The molecule has 0 aliphatic heterocycles. The summed E-state index contributed by atoms with van der Waals surface area (Å²) >= 11 is 4.66. The number of hydrogen-bond acceptors (Lipinski definition) is 6. The number of hydrogen-bond donors (Lipinski definition) is 2. The van der Waals surface area contributed by atoms with E-state index in [2.05, 4.69) is 20.9 Å². The van der Waals surface area contributed by atoms with Crippen LogP contribution in [0.3, 0.4) is 0 Å². The molecule has 1 heterocycles. The summed E-state index contributed by atoms with van der Waals surface area (Å²) in [5, 5.41) is 21.0. The fourth-order valence-corrected chi connectivity index (χ4v) is 4.26. The minimum absolute atomic E-state index is 0.0906. The van der Waals surface area contributed by atoms with E-state index in [1.165, 1.54) is 11.3 Å². The van der Waals surface area contributed by atoms with Crippen molar-refractivity contribution in [3.05, 3.63) is 15.0 Å². The van der Waals surface area contributed by atoms with Gasteiger partial charge in [-0.25, -0.2) is 4.98 Å². The number of nitrogens with zero attached hydrogens (tertiary/aromatic N) is 1. The molecular formula is C14H20BrNO4S. The zero-order chi connectivity index (χ0) is 15.5. The number of rotatable bonds is 5. The lowest BCUT2D eigenvalue weighted by Gasteiger charge is -2.37. The van der Waals surface area contributed by atoms with Crippen molar-refractivity contribution in [2.75, 3.05) is 13.2 Å². The Morgan fingerprint density at radius 2 is 2.19 bits per heavy atom. The van der Waals surface area contributed by atoms with Gasteiger partial charge < -0.3 is 14.9 Å². The van der Waals surface area contributed by atoms with Crippen LogP contribution >= 0.6 is 27.3 Å². The first-order valence-electron chi connectivity index (χ1n) is 7.13.